The van der Waals surface area contributed by atoms with E-state index in [9.17, 15) is 23.4 Å². The molecule has 4 N–H and O–H groups in total. The van der Waals surface area contributed by atoms with Crippen LogP contribution in [0.3, 0.4) is 0 Å². The summed E-state index contributed by atoms with van der Waals surface area (Å²) in [6.45, 7) is 0.945. The van der Waals surface area contributed by atoms with Crippen molar-refractivity contribution in [2.45, 2.75) is 23.8 Å². The van der Waals surface area contributed by atoms with E-state index in [0.29, 0.717) is 25.2 Å². The Bertz CT molecular complexity index is 629. The van der Waals surface area contributed by atoms with Crippen LogP contribution in [0.5, 0.6) is 0 Å². The molecule has 1 aromatic carbocycles. The topological polar surface area (TPSA) is 121 Å². The quantitative estimate of drug-likeness (QED) is 0.722. The van der Waals surface area contributed by atoms with Gasteiger partial charge in [-0.3, -0.25) is 0 Å². The Labute approximate surface area is 116 Å². The van der Waals surface area contributed by atoms with Crippen molar-refractivity contribution in [2.75, 3.05) is 18.0 Å². The first-order valence-electron chi connectivity index (χ1n) is 6.12. The third-order valence-electron chi connectivity index (χ3n) is 3.26. The maximum Gasteiger partial charge on any atom is 0.337 e. The monoisotopic (exact) mass is 300 g/mol. The highest BCUT2D eigenvalue weighted by Gasteiger charge is 2.23. The average Bonchev–Trinajstić information content (AvgIpc) is 2.37. The van der Waals surface area contributed by atoms with Crippen molar-refractivity contribution in [1.82, 2.24) is 0 Å². The molecule has 20 heavy (non-hydrogen) atoms. The van der Waals surface area contributed by atoms with Gasteiger partial charge in [0, 0.05) is 13.1 Å². The Balaban J connectivity index is 2.45. The zero-order chi connectivity index (χ0) is 14.9. The van der Waals surface area contributed by atoms with E-state index in [2.05, 4.69) is 0 Å². The second-order valence-electron chi connectivity index (χ2n) is 4.77. The first-order chi connectivity index (χ1) is 9.29. The molecule has 0 bridgehead atoms. The number of carboxylic acids is 1. The summed E-state index contributed by atoms with van der Waals surface area (Å²) in [7, 11) is -3.95. The maximum atomic E-state index is 11.3. The zero-order valence-corrected chi connectivity index (χ0v) is 11.5. The Morgan fingerprint density at radius 3 is 2.65 bits per heavy atom. The number of hydrogen-bond acceptors (Lipinski definition) is 5. The number of nitrogens with zero attached hydrogens (tertiary/aromatic N) is 1. The minimum absolute atomic E-state index is 0.134. The van der Waals surface area contributed by atoms with E-state index in [1.807, 2.05) is 0 Å². The van der Waals surface area contributed by atoms with Gasteiger partial charge >= 0.3 is 5.97 Å². The molecule has 7 nitrogen and oxygen atoms in total. The molecular formula is C12H16N2O5S. The molecule has 2 rings (SSSR count). The van der Waals surface area contributed by atoms with Crippen LogP contribution in [0.4, 0.5) is 5.69 Å². The van der Waals surface area contributed by atoms with E-state index < -0.39 is 22.1 Å². The van der Waals surface area contributed by atoms with E-state index >= 15 is 0 Å². The van der Waals surface area contributed by atoms with Gasteiger partial charge in [-0.2, -0.15) is 0 Å². The second-order valence-corrected chi connectivity index (χ2v) is 6.33. The normalized spacial score (nSPS) is 19.9. The van der Waals surface area contributed by atoms with Gasteiger partial charge < -0.3 is 15.1 Å². The van der Waals surface area contributed by atoms with E-state index in [-0.39, 0.29) is 10.5 Å². The smallest absolute Gasteiger partial charge is 0.337 e. The molecule has 1 fully saturated rings. The van der Waals surface area contributed by atoms with Crippen LogP contribution in [0.25, 0.3) is 0 Å². The van der Waals surface area contributed by atoms with Crippen molar-refractivity contribution >= 4 is 21.7 Å². The molecule has 1 aromatic rings. The molecule has 1 atom stereocenters. The van der Waals surface area contributed by atoms with Crippen LogP contribution < -0.4 is 10.0 Å². The minimum Gasteiger partial charge on any atom is -0.478 e. The highest BCUT2D eigenvalue weighted by Crippen LogP contribution is 2.26. The van der Waals surface area contributed by atoms with Crippen molar-refractivity contribution in [3.63, 3.8) is 0 Å². The predicted molar refractivity (Wildman–Crippen MR) is 72.2 cm³/mol. The summed E-state index contributed by atoms with van der Waals surface area (Å²) in [4.78, 5) is 12.8. The van der Waals surface area contributed by atoms with Crippen LogP contribution in [0.1, 0.15) is 23.2 Å². The summed E-state index contributed by atoms with van der Waals surface area (Å²) in [5.41, 5.74) is 0.259. The molecule has 1 aliphatic heterocycles. The predicted octanol–water partition coefficient (Wildman–Crippen LogP) is -0.00670. The lowest BCUT2D eigenvalue weighted by atomic mass is 10.1. The van der Waals surface area contributed by atoms with E-state index in [0.717, 1.165) is 12.5 Å². The van der Waals surface area contributed by atoms with Crippen LogP contribution in [0.15, 0.2) is 23.1 Å². The molecule has 0 amide bonds. The number of rotatable bonds is 3. The summed E-state index contributed by atoms with van der Waals surface area (Å²) in [5.74, 6) is -1.23. The third-order valence-corrected chi connectivity index (χ3v) is 4.18. The summed E-state index contributed by atoms with van der Waals surface area (Å²) >= 11 is 0. The molecule has 0 aromatic heterocycles. The lowest BCUT2D eigenvalue weighted by Crippen LogP contribution is -2.39. The van der Waals surface area contributed by atoms with Crippen LogP contribution in [0, 0.1) is 0 Å². The molecule has 0 radical (unpaired) electrons. The van der Waals surface area contributed by atoms with Crippen molar-refractivity contribution in [3.8, 4) is 0 Å². The number of carboxylic acid groups (broad SMARTS) is 1. The Morgan fingerprint density at radius 1 is 1.40 bits per heavy atom. The number of piperidine rings is 1. The highest BCUT2D eigenvalue weighted by atomic mass is 32.2. The maximum absolute atomic E-state index is 11.3. The van der Waals surface area contributed by atoms with Gasteiger partial charge in [-0.15, -0.1) is 0 Å². The van der Waals surface area contributed by atoms with Crippen molar-refractivity contribution in [3.05, 3.63) is 23.8 Å². The molecule has 0 saturated carbocycles. The fourth-order valence-electron chi connectivity index (χ4n) is 2.31. The summed E-state index contributed by atoms with van der Waals surface area (Å²) in [6.07, 6.45) is 0.911. The van der Waals surface area contributed by atoms with Crippen LogP contribution in [0.2, 0.25) is 0 Å². The largest absolute Gasteiger partial charge is 0.478 e. The summed E-state index contributed by atoms with van der Waals surface area (Å²) in [5, 5.41) is 23.9. The fourth-order valence-corrected chi connectivity index (χ4v) is 2.85. The SMILES string of the molecule is NS(=O)(=O)c1ccc(N2CCCC(O)C2)c(C(=O)O)c1. The van der Waals surface area contributed by atoms with Gasteiger partial charge in [0.1, 0.15) is 0 Å². The van der Waals surface area contributed by atoms with Crippen molar-refractivity contribution in [2.24, 2.45) is 5.14 Å². The van der Waals surface area contributed by atoms with Crippen LogP contribution >= 0.6 is 0 Å². The zero-order valence-electron chi connectivity index (χ0n) is 10.7. The fraction of sp³-hybridized carbons (Fsp3) is 0.417. The molecule has 0 spiro atoms. The number of aliphatic hydroxyl groups excluding tert-OH is 1. The van der Waals surface area contributed by atoms with Gasteiger partial charge in [0.25, 0.3) is 0 Å². The third kappa shape index (κ3) is 3.09. The van der Waals surface area contributed by atoms with E-state index in [1.165, 1.54) is 12.1 Å². The number of anilines is 1. The van der Waals surface area contributed by atoms with Crippen LogP contribution in [-0.2, 0) is 10.0 Å². The minimum atomic E-state index is -3.95. The van der Waals surface area contributed by atoms with Gasteiger partial charge in [0.2, 0.25) is 10.0 Å². The number of benzene rings is 1. The first-order valence-corrected chi connectivity index (χ1v) is 7.67. The van der Waals surface area contributed by atoms with Gasteiger partial charge in [-0.25, -0.2) is 18.4 Å². The first kappa shape index (κ1) is 14.8. The molecule has 1 aliphatic rings. The number of nitrogens with two attached hydrogens (primary N) is 1. The molecule has 8 heteroatoms. The molecule has 0 aliphatic carbocycles. The van der Waals surface area contributed by atoms with E-state index in [4.69, 9.17) is 5.14 Å². The molecule has 110 valence electrons. The Kier molecular flexibility index (Phi) is 3.98. The number of aliphatic hydroxyl groups is 1. The number of aromatic carboxylic acids is 1. The number of hydrogen-bond donors (Lipinski definition) is 3. The van der Waals surface area contributed by atoms with Gasteiger partial charge in [0.05, 0.1) is 22.3 Å². The average molecular weight is 300 g/mol. The molecular weight excluding hydrogens is 284 g/mol. The molecule has 1 heterocycles. The van der Waals surface area contributed by atoms with Gasteiger partial charge in [-0.05, 0) is 31.0 Å². The van der Waals surface area contributed by atoms with Gasteiger partial charge in [-0.1, -0.05) is 0 Å². The van der Waals surface area contributed by atoms with Gasteiger partial charge in [0.15, 0.2) is 0 Å². The van der Waals surface area contributed by atoms with E-state index in [1.54, 1.807) is 4.90 Å². The molecule has 1 unspecified atom stereocenters. The summed E-state index contributed by atoms with van der Waals surface area (Å²) in [6, 6.07) is 3.74. The number of β-amino-alcohol motifs (C(OH)–C–C–N with tert-alkyl or cyclic N) is 1. The number of sulfonamides is 1. The lowest BCUT2D eigenvalue weighted by molar-refractivity contribution is 0.0696. The Hall–Kier alpha value is -1.64. The second kappa shape index (κ2) is 5.39. The standard InChI is InChI=1S/C12H16N2O5S/c13-20(18,19)9-3-4-11(10(6-9)12(16)17)14-5-1-2-8(15)7-14/h3-4,6,8,15H,1-2,5,7H2,(H,16,17)(H2,13,18,19). The highest BCUT2D eigenvalue weighted by molar-refractivity contribution is 7.89. The summed E-state index contributed by atoms with van der Waals surface area (Å²) < 4.78 is 22.6. The number of primary sulfonamides is 1. The van der Waals surface area contributed by atoms with Crippen molar-refractivity contribution < 1.29 is 23.4 Å². The molecule has 1 saturated heterocycles. The lowest BCUT2D eigenvalue weighted by Gasteiger charge is -2.32. The van der Waals surface area contributed by atoms with Crippen LogP contribution in [-0.4, -0.2) is 43.8 Å². The number of carbonyl (C=O) groups is 1. The van der Waals surface area contributed by atoms with Crippen molar-refractivity contribution in [1.29, 1.82) is 0 Å². The Morgan fingerprint density at radius 2 is 2.10 bits per heavy atom.